The molecule has 2 amide bonds. The third-order valence-electron chi connectivity index (χ3n) is 2.55. The van der Waals surface area contributed by atoms with Gasteiger partial charge in [-0.15, -0.1) is 0 Å². The van der Waals surface area contributed by atoms with Crippen LogP contribution in [0.15, 0.2) is 81.7 Å². The van der Waals surface area contributed by atoms with E-state index in [4.69, 9.17) is 0 Å². The van der Waals surface area contributed by atoms with E-state index in [2.05, 4.69) is 74.5 Å². The Hall–Kier alpha value is -3.86. The van der Waals surface area contributed by atoms with Crippen LogP contribution in [0, 0.1) is 0 Å². The lowest BCUT2D eigenvalue weighted by Gasteiger charge is -2.16. The second-order valence-electron chi connectivity index (χ2n) is 4.62. The Balaban J connectivity index is 5.15. The molecule has 0 rings (SSSR count). The molecular formula is C21H18N2O4. The average molecular weight is 362 g/mol. The van der Waals surface area contributed by atoms with Crippen LogP contribution in [0.25, 0.3) is 0 Å². The van der Waals surface area contributed by atoms with Crippen LogP contribution in [0.2, 0.25) is 0 Å². The lowest BCUT2D eigenvalue weighted by Crippen LogP contribution is -2.49. The average Bonchev–Trinajstić information content (AvgIpc) is 2.65. The number of nitrogens with one attached hydrogen (secondary N) is 2. The van der Waals surface area contributed by atoms with Gasteiger partial charge < -0.3 is 20.8 Å². The van der Waals surface area contributed by atoms with Gasteiger partial charge in [0, 0.05) is 6.54 Å². The second-order valence-corrected chi connectivity index (χ2v) is 4.62. The molecule has 136 valence electrons. The van der Waals surface area contributed by atoms with Crippen molar-refractivity contribution in [2.75, 3.05) is 6.54 Å². The summed E-state index contributed by atoms with van der Waals surface area (Å²) in [6.45, 7) is 6.68. The fourth-order valence-electron chi connectivity index (χ4n) is 1.32. The van der Waals surface area contributed by atoms with E-state index in [0.717, 1.165) is 0 Å². The number of carbonyl (C=O) groups excluding carboxylic acids is 2. The lowest BCUT2D eigenvalue weighted by atomic mass is 10.1. The van der Waals surface area contributed by atoms with E-state index in [-0.39, 0.29) is 12.2 Å². The monoisotopic (exact) mass is 362 g/mol. The molecule has 0 aromatic heterocycles. The van der Waals surface area contributed by atoms with Gasteiger partial charge in [0.2, 0.25) is 0 Å². The van der Waals surface area contributed by atoms with Crippen molar-refractivity contribution in [1.29, 1.82) is 0 Å². The normalized spacial score (nSPS) is 10.4. The van der Waals surface area contributed by atoms with Crippen molar-refractivity contribution >= 4 is 11.8 Å². The summed E-state index contributed by atoms with van der Waals surface area (Å²) in [6, 6.07) is 0. The predicted molar refractivity (Wildman–Crippen MR) is 97.9 cm³/mol. The predicted octanol–water partition coefficient (Wildman–Crippen LogP) is 0.601. The largest absolute Gasteiger partial charge is 0.380 e. The maximum atomic E-state index is 11.8. The first-order valence-corrected chi connectivity index (χ1v) is 7.61. The SMILES string of the molecule is C=C=C=C=C=C=C=C=C=C=C=C(C)NC(=O)C(O)C(O)C(=O)NC/C=C/C. The van der Waals surface area contributed by atoms with Crippen molar-refractivity contribution in [1.82, 2.24) is 10.6 Å². The molecular weight excluding hydrogens is 344 g/mol. The minimum Gasteiger partial charge on any atom is -0.380 e. The van der Waals surface area contributed by atoms with Gasteiger partial charge in [-0.05, 0) is 72.0 Å². The minimum absolute atomic E-state index is 0.174. The number of rotatable bonds is 6. The van der Waals surface area contributed by atoms with Gasteiger partial charge in [-0.1, -0.05) is 17.9 Å². The topological polar surface area (TPSA) is 98.7 Å². The molecule has 27 heavy (non-hydrogen) atoms. The Labute approximate surface area is 157 Å². The van der Waals surface area contributed by atoms with Gasteiger partial charge >= 0.3 is 0 Å². The highest BCUT2D eigenvalue weighted by molar-refractivity contribution is 5.91. The van der Waals surface area contributed by atoms with Crippen molar-refractivity contribution in [2.24, 2.45) is 0 Å². The third kappa shape index (κ3) is 11.3. The quantitative estimate of drug-likeness (QED) is 0.411. The highest BCUT2D eigenvalue weighted by Gasteiger charge is 2.29. The molecule has 0 aliphatic carbocycles. The molecule has 0 aromatic carbocycles. The van der Waals surface area contributed by atoms with E-state index in [0.29, 0.717) is 0 Å². The van der Waals surface area contributed by atoms with Gasteiger partial charge in [0.1, 0.15) is 0 Å². The zero-order valence-corrected chi connectivity index (χ0v) is 14.9. The van der Waals surface area contributed by atoms with E-state index in [1.54, 1.807) is 19.1 Å². The first kappa shape index (κ1) is 23.1. The fourth-order valence-corrected chi connectivity index (χ4v) is 1.32. The van der Waals surface area contributed by atoms with Crippen LogP contribution in [-0.4, -0.2) is 40.8 Å². The smallest absolute Gasteiger partial charge is 0.256 e. The molecule has 0 radical (unpaired) electrons. The van der Waals surface area contributed by atoms with Gasteiger partial charge in [-0.3, -0.25) is 9.59 Å². The van der Waals surface area contributed by atoms with Crippen LogP contribution >= 0.6 is 0 Å². The summed E-state index contributed by atoms with van der Waals surface area (Å²) in [5.74, 6) is -1.83. The molecule has 6 heteroatoms. The van der Waals surface area contributed by atoms with Crippen LogP contribution in [0.1, 0.15) is 13.8 Å². The molecule has 2 atom stereocenters. The van der Waals surface area contributed by atoms with Crippen LogP contribution in [0.4, 0.5) is 0 Å². The lowest BCUT2D eigenvalue weighted by molar-refractivity contribution is -0.145. The molecule has 0 saturated heterocycles. The van der Waals surface area contributed by atoms with E-state index in [1.165, 1.54) is 6.92 Å². The fraction of sp³-hybridized carbons (Fsp3) is 0.238. The molecule has 0 heterocycles. The Kier molecular flexibility index (Phi) is 12.4. The van der Waals surface area contributed by atoms with Crippen molar-refractivity contribution in [3.05, 3.63) is 81.7 Å². The van der Waals surface area contributed by atoms with E-state index >= 15 is 0 Å². The summed E-state index contributed by atoms with van der Waals surface area (Å²) in [4.78, 5) is 23.4. The summed E-state index contributed by atoms with van der Waals surface area (Å²) in [5, 5.41) is 24.0. The van der Waals surface area contributed by atoms with E-state index in [1.807, 2.05) is 0 Å². The number of hydrogen-bond acceptors (Lipinski definition) is 4. The van der Waals surface area contributed by atoms with Gasteiger partial charge in [0.25, 0.3) is 11.8 Å². The number of amides is 2. The summed E-state index contributed by atoms with van der Waals surface area (Å²) in [7, 11) is 0. The van der Waals surface area contributed by atoms with E-state index in [9.17, 15) is 19.8 Å². The third-order valence-corrected chi connectivity index (χ3v) is 2.55. The molecule has 0 aliphatic rings. The summed E-state index contributed by atoms with van der Waals surface area (Å²) >= 11 is 0. The molecule has 2 unspecified atom stereocenters. The van der Waals surface area contributed by atoms with Crippen LogP contribution in [0.3, 0.4) is 0 Å². The number of allylic oxidation sites excluding steroid dienone is 2. The van der Waals surface area contributed by atoms with Crippen LogP contribution in [-0.2, 0) is 9.59 Å². The zero-order chi connectivity index (χ0) is 20.5. The molecule has 0 saturated carbocycles. The Morgan fingerprint density at radius 1 is 0.963 bits per heavy atom. The molecule has 0 bridgehead atoms. The standard InChI is InChI=1S/C21H18N2O4/c1-4-6-8-9-10-11-12-13-14-15-17(3)23-21(27)19(25)18(24)20(26)22-16-7-5-2/h5,7,18-19,24-25H,1,16H2,2-3H3,(H,22,26)(H,23,27)/b7-5+. The van der Waals surface area contributed by atoms with Crippen molar-refractivity contribution < 1.29 is 19.8 Å². The van der Waals surface area contributed by atoms with Gasteiger partial charge in [-0.25, -0.2) is 0 Å². The number of aliphatic hydroxyl groups excluding tert-OH is 2. The number of aliphatic hydroxyl groups is 2. The Morgan fingerprint density at radius 2 is 1.48 bits per heavy atom. The maximum Gasteiger partial charge on any atom is 0.256 e. The van der Waals surface area contributed by atoms with E-state index < -0.39 is 24.0 Å². The first-order chi connectivity index (χ1) is 12.9. The molecule has 0 aromatic rings. The number of hydrogen-bond donors (Lipinski definition) is 4. The maximum absolute atomic E-state index is 11.8. The number of carbonyl (C=O) groups is 2. The van der Waals surface area contributed by atoms with Crippen LogP contribution < -0.4 is 10.6 Å². The molecule has 0 fully saturated rings. The highest BCUT2D eigenvalue weighted by atomic mass is 16.3. The highest BCUT2D eigenvalue weighted by Crippen LogP contribution is 1.96. The minimum atomic E-state index is -1.94. The van der Waals surface area contributed by atoms with Gasteiger partial charge in [-0.2, -0.15) is 0 Å². The van der Waals surface area contributed by atoms with Gasteiger partial charge in [0.05, 0.1) is 5.70 Å². The molecule has 6 nitrogen and oxygen atoms in total. The molecule has 4 N–H and O–H groups in total. The van der Waals surface area contributed by atoms with Crippen molar-refractivity contribution in [3.63, 3.8) is 0 Å². The molecule has 0 aliphatic heterocycles. The summed E-state index contributed by atoms with van der Waals surface area (Å²) < 4.78 is 0. The van der Waals surface area contributed by atoms with Crippen molar-refractivity contribution in [2.45, 2.75) is 26.1 Å². The van der Waals surface area contributed by atoms with Crippen LogP contribution in [0.5, 0.6) is 0 Å². The van der Waals surface area contributed by atoms with Gasteiger partial charge in [0.15, 0.2) is 12.2 Å². The Morgan fingerprint density at radius 3 is 2.04 bits per heavy atom. The summed E-state index contributed by atoms with van der Waals surface area (Å²) in [5.41, 5.74) is 24.5. The second kappa shape index (κ2) is 14.5. The first-order valence-electron chi connectivity index (χ1n) is 7.61. The molecule has 0 spiro atoms. The zero-order valence-electron chi connectivity index (χ0n) is 14.9. The summed E-state index contributed by atoms with van der Waals surface area (Å²) in [6.07, 6.45) is -0.503. The Bertz CT molecular complexity index is 973. The van der Waals surface area contributed by atoms with Crippen molar-refractivity contribution in [3.8, 4) is 0 Å².